The predicted molar refractivity (Wildman–Crippen MR) is 106 cm³/mol. The lowest BCUT2D eigenvalue weighted by atomic mass is 10.1. The standard InChI is InChI=1S/C22H19N3O4/c1-15-19(20(25-29-15)16-7-3-2-4-8-16)21(26)24-18-11-9-17(10-12-18)22(27)28-14-6-5-13-23/h2-4,7-12H,5-6,14H2,1H3,(H,24,26). The van der Waals surface area contributed by atoms with Crippen LogP contribution < -0.4 is 5.32 Å². The van der Waals surface area contributed by atoms with Crippen LogP contribution in [0.25, 0.3) is 11.3 Å². The summed E-state index contributed by atoms with van der Waals surface area (Å²) in [4.78, 5) is 24.7. The number of hydrogen-bond acceptors (Lipinski definition) is 6. The highest BCUT2D eigenvalue weighted by molar-refractivity contribution is 6.08. The second kappa shape index (κ2) is 9.33. The van der Waals surface area contributed by atoms with Crippen LogP contribution in [-0.4, -0.2) is 23.6 Å². The normalized spacial score (nSPS) is 10.2. The lowest BCUT2D eigenvalue weighted by Crippen LogP contribution is -2.14. The fraction of sp³-hybridized carbons (Fsp3) is 0.182. The van der Waals surface area contributed by atoms with Gasteiger partial charge in [-0.15, -0.1) is 0 Å². The van der Waals surface area contributed by atoms with Gasteiger partial charge in [0.15, 0.2) is 0 Å². The number of rotatable bonds is 7. The van der Waals surface area contributed by atoms with E-state index in [4.69, 9.17) is 14.5 Å². The molecule has 0 saturated heterocycles. The van der Waals surface area contributed by atoms with Crippen molar-refractivity contribution in [2.24, 2.45) is 0 Å². The van der Waals surface area contributed by atoms with Gasteiger partial charge in [-0.05, 0) is 37.6 Å². The van der Waals surface area contributed by atoms with Gasteiger partial charge in [0.1, 0.15) is 17.0 Å². The smallest absolute Gasteiger partial charge is 0.338 e. The fourth-order valence-corrected chi connectivity index (χ4v) is 2.72. The number of nitrogens with zero attached hydrogens (tertiary/aromatic N) is 2. The molecule has 0 aliphatic heterocycles. The fourth-order valence-electron chi connectivity index (χ4n) is 2.72. The molecule has 7 nitrogen and oxygen atoms in total. The summed E-state index contributed by atoms with van der Waals surface area (Å²) in [6.45, 7) is 1.87. The first-order valence-electron chi connectivity index (χ1n) is 9.07. The number of nitriles is 1. The Morgan fingerprint density at radius 3 is 2.55 bits per heavy atom. The van der Waals surface area contributed by atoms with E-state index in [0.29, 0.717) is 41.1 Å². The van der Waals surface area contributed by atoms with Gasteiger partial charge < -0.3 is 14.6 Å². The van der Waals surface area contributed by atoms with Gasteiger partial charge >= 0.3 is 5.97 Å². The van der Waals surface area contributed by atoms with E-state index < -0.39 is 5.97 Å². The summed E-state index contributed by atoms with van der Waals surface area (Å²) in [5.74, 6) is -0.407. The van der Waals surface area contributed by atoms with Gasteiger partial charge in [0, 0.05) is 17.7 Å². The molecule has 0 aliphatic rings. The van der Waals surface area contributed by atoms with Crippen molar-refractivity contribution in [3.63, 3.8) is 0 Å². The largest absolute Gasteiger partial charge is 0.462 e. The summed E-state index contributed by atoms with van der Waals surface area (Å²) >= 11 is 0. The lowest BCUT2D eigenvalue weighted by Gasteiger charge is -2.07. The molecule has 0 spiro atoms. The Morgan fingerprint density at radius 1 is 1.14 bits per heavy atom. The number of esters is 1. The number of carbonyl (C=O) groups is 2. The number of nitrogens with one attached hydrogen (secondary N) is 1. The quantitative estimate of drug-likeness (QED) is 0.475. The predicted octanol–water partition coefficient (Wildman–Crippen LogP) is 4.36. The Balaban J connectivity index is 1.69. The molecule has 2 aromatic carbocycles. The molecule has 1 heterocycles. The number of unbranched alkanes of at least 4 members (excludes halogenated alkanes) is 1. The van der Waals surface area contributed by atoms with Crippen LogP contribution >= 0.6 is 0 Å². The van der Waals surface area contributed by atoms with E-state index in [2.05, 4.69) is 10.5 Å². The molecule has 1 aromatic heterocycles. The number of ether oxygens (including phenoxy) is 1. The van der Waals surface area contributed by atoms with E-state index in [0.717, 1.165) is 5.56 Å². The number of carbonyl (C=O) groups excluding carboxylic acids is 2. The average Bonchev–Trinajstić information content (AvgIpc) is 3.14. The third-order valence-corrected chi connectivity index (χ3v) is 4.18. The summed E-state index contributed by atoms with van der Waals surface area (Å²) in [5, 5.41) is 15.3. The number of anilines is 1. The van der Waals surface area contributed by atoms with Crippen LogP contribution in [0.1, 0.15) is 39.3 Å². The van der Waals surface area contributed by atoms with Crippen LogP contribution in [0.4, 0.5) is 5.69 Å². The van der Waals surface area contributed by atoms with Crippen molar-refractivity contribution in [2.75, 3.05) is 11.9 Å². The SMILES string of the molecule is Cc1onc(-c2ccccc2)c1C(=O)Nc1ccc(C(=O)OCCCC#N)cc1. The third-order valence-electron chi connectivity index (χ3n) is 4.18. The van der Waals surface area contributed by atoms with Crippen molar-refractivity contribution in [1.82, 2.24) is 5.16 Å². The zero-order chi connectivity index (χ0) is 20.6. The first kappa shape index (κ1) is 19.8. The molecule has 0 unspecified atom stereocenters. The highest BCUT2D eigenvalue weighted by Crippen LogP contribution is 2.26. The molecule has 3 aromatic rings. The molecule has 0 atom stereocenters. The van der Waals surface area contributed by atoms with Crippen molar-refractivity contribution >= 4 is 17.6 Å². The number of aryl methyl sites for hydroxylation is 1. The first-order valence-corrected chi connectivity index (χ1v) is 9.07. The van der Waals surface area contributed by atoms with E-state index in [-0.39, 0.29) is 12.5 Å². The molecule has 0 saturated carbocycles. The van der Waals surface area contributed by atoms with Crippen molar-refractivity contribution in [3.05, 3.63) is 71.5 Å². The van der Waals surface area contributed by atoms with Gasteiger partial charge in [-0.3, -0.25) is 4.79 Å². The van der Waals surface area contributed by atoms with Crippen molar-refractivity contribution in [2.45, 2.75) is 19.8 Å². The molecule has 3 rings (SSSR count). The monoisotopic (exact) mass is 389 g/mol. The Hall–Kier alpha value is -3.92. The van der Waals surface area contributed by atoms with Gasteiger partial charge in [0.2, 0.25) is 0 Å². The van der Waals surface area contributed by atoms with Crippen LogP contribution in [0.3, 0.4) is 0 Å². The maximum Gasteiger partial charge on any atom is 0.338 e. The number of benzene rings is 2. The van der Waals surface area contributed by atoms with Crippen LogP contribution in [0.2, 0.25) is 0 Å². The zero-order valence-corrected chi connectivity index (χ0v) is 15.8. The molecule has 7 heteroatoms. The minimum Gasteiger partial charge on any atom is -0.462 e. The molecule has 1 amide bonds. The minimum absolute atomic E-state index is 0.194. The van der Waals surface area contributed by atoms with Crippen LogP contribution in [0.5, 0.6) is 0 Å². The van der Waals surface area contributed by atoms with Gasteiger partial charge in [-0.1, -0.05) is 35.5 Å². The van der Waals surface area contributed by atoms with Crippen LogP contribution in [0.15, 0.2) is 59.1 Å². The molecule has 146 valence electrons. The summed E-state index contributed by atoms with van der Waals surface area (Å²) < 4.78 is 10.3. The van der Waals surface area contributed by atoms with E-state index in [1.165, 1.54) is 0 Å². The van der Waals surface area contributed by atoms with Gasteiger partial charge in [-0.2, -0.15) is 5.26 Å². The Bertz CT molecular complexity index is 1030. The lowest BCUT2D eigenvalue weighted by molar-refractivity contribution is 0.0501. The molecule has 1 N–H and O–H groups in total. The molecule has 0 bridgehead atoms. The third kappa shape index (κ3) is 4.87. The second-order valence-corrected chi connectivity index (χ2v) is 6.26. The minimum atomic E-state index is -0.470. The average molecular weight is 389 g/mol. The first-order chi connectivity index (χ1) is 14.1. The Morgan fingerprint density at radius 2 is 1.86 bits per heavy atom. The zero-order valence-electron chi connectivity index (χ0n) is 15.8. The number of aromatic nitrogens is 1. The maximum absolute atomic E-state index is 12.8. The van der Waals surface area contributed by atoms with Gasteiger partial charge in [-0.25, -0.2) is 4.79 Å². The molecular formula is C22H19N3O4. The van der Waals surface area contributed by atoms with E-state index in [9.17, 15) is 9.59 Å². The van der Waals surface area contributed by atoms with E-state index in [1.807, 2.05) is 36.4 Å². The molecule has 0 fully saturated rings. The van der Waals surface area contributed by atoms with E-state index in [1.54, 1.807) is 31.2 Å². The molecule has 0 aliphatic carbocycles. The van der Waals surface area contributed by atoms with Gasteiger partial charge in [0.25, 0.3) is 5.91 Å². The van der Waals surface area contributed by atoms with E-state index >= 15 is 0 Å². The Kier molecular flexibility index (Phi) is 6.38. The summed E-state index contributed by atoms with van der Waals surface area (Å²) in [5.41, 5.74) is 2.50. The highest BCUT2D eigenvalue weighted by Gasteiger charge is 2.21. The Labute approximate surface area is 167 Å². The molecular weight excluding hydrogens is 370 g/mol. The summed E-state index contributed by atoms with van der Waals surface area (Å²) in [6.07, 6.45) is 0.837. The summed E-state index contributed by atoms with van der Waals surface area (Å²) in [7, 11) is 0. The maximum atomic E-state index is 12.8. The van der Waals surface area contributed by atoms with Crippen molar-refractivity contribution in [3.8, 4) is 17.3 Å². The van der Waals surface area contributed by atoms with Crippen LogP contribution in [0, 0.1) is 18.3 Å². The molecule has 29 heavy (non-hydrogen) atoms. The van der Waals surface area contributed by atoms with Crippen LogP contribution in [-0.2, 0) is 4.74 Å². The summed E-state index contributed by atoms with van der Waals surface area (Å²) in [6, 6.07) is 17.7. The number of hydrogen-bond donors (Lipinski definition) is 1. The topological polar surface area (TPSA) is 105 Å². The van der Waals surface area contributed by atoms with Crippen molar-refractivity contribution < 1.29 is 18.8 Å². The number of amides is 1. The second-order valence-electron chi connectivity index (χ2n) is 6.26. The van der Waals surface area contributed by atoms with Crippen molar-refractivity contribution in [1.29, 1.82) is 5.26 Å². The van der Waals surface area contributed by atoms with Gasteiger partial charge in [0.05, 0.1) is 18.2 Å². The molecule has 0 radical (unpaired) electrons. The highest BCUT2D eigenvalue weighted by atomic mass is 16.5.